The second kappa shape index (κ2) is 10.1. The first-order chi connectivity index (χ1) is 7.99. The van der Waals surface area contributed by atoms with Gasteiger partial charge in [-0.1, -0.05) is 58.8 Å². The lowest BCUT2D eigenvalue weighted by Crippen LogP contribution is -2.11. The number of unbranched alkanes of at least 4 members (excludes halogenated alkanes) is 5. The molecule has 17 heavy (non-hydrogen) atoms. The molecule has 0 aromatic heterocycles. The van der Waals surface area contributed by atoms with Gasteiger partial charge in [0.05, 0.1) is 6.10 Å². The first-order valence-corrected chi connectivity index (χ1v) is 8.26. The van der Waals surface area contributed by atoms with Gasteiger partial charge < -0.3 is 9.79 Å². The van der Waals surface area contributed by atoms with Crippen molar-refractivity contribution in [2.75, 3.05) is 0 Å². The molecule has 0 aliphatic rings. The van der Waals surface area contributed by atoms with Crippen LogP contribution >= 0.6 is 7.82 Å². The van der Waals surface area contributed by atoms with Gasteiger partial charge in [-0.05, 0) is 12.8 Å². The number of phosphoric ester groups is 1. The summed E-state index contributed by atoms with van der Waals surface area (Å²) in [7, 11) is -4.33. The predicted octanol–water partition coefficient (Wildman–Crippen LogP) is 4.02. The Bertz CT molecular complexity index is 215. The zero-order chi connectivity index (χ0) is 13.1. The van der Waals surface area contributed by atoms with Crippen molar-refractivity contribution in [2.45, 2.75) is 77.7 Å². The fourth-order valence-electron chi connectivity index (χ4n) is 1.86. The summed E-state index contributed by atoms with van der Waals surface area (Å²) < 4.78 is 15.7. The molecule has 0 saturated heterocycles. The zero-order valence-corrected chi connectivity index (χ0v) is 12.0. The summed E-state index contributed by atoms with van der Waals surface area (Å²) in [5.74, 6) is 0. The van der Waals surface area contributed by atoms with Crippen LogP contribution in [0.25, 0.3) is 0 Å². The lowest BCUT2D eigenvalue weighted by molar-refractivity contribution is 0.115. The van der Waals surface area contributed by atoms with Crippen LogP contribution in [0.3, 0.4) is 0 Å². The molecular formula is C12H27O4P. The van der Waals surface area contributed by atoms with Gasteiger partial charge in [-0.3, -0.25) is 4.52 Å². The van der Waals surface area contributed by atoms with Crippen molar-refractivity contribution >= 4 is 7.82 Å². The molecular weight excluding hydrogens is 239 g/mol. The minimum absolute atomic E-state index is 0.278. The Morgan fingerprint density at radius 3 is 1.88 bits per heavy atom. The van der Waals surface area contributed by atoms with E-state index in [9.17, 15) is 4.57 Å². The maximum absolute atomic E-state index is 10.8. The Kier molecular flexibility index (Phi) is 10.1. The molecule has 0 bridgehead atoms. The molecule has 2 N–H and O–H groups in total. The van der Waals surface area contributed by atoms with E-state index in [0.717, 1.165) is 44.9 Å². The minimum Gasteiger partial charge on any atom is -0.303 e. The van der Waals surface area contributed by atoms with Gasteiger partial charge >= 0.3 is 7.82 Å². The summed E-state index contributed by atoms with van der Waals surface area (Å²) in [6, 6.07) is 0. The van der Waals surface area contributed by atoms with E-state index in [1.165, 1.54) is 12.8 Å². The standard InChI is InChI=1S/C12H27O4P/c1-3-5-7-9-11-12(10-8-6-4-2)16-17(13,14)15/h12H,3-11H2,1-2H3,(H2,13,14,15). The van der Waals surface area contributed by atoms with Gasteiger partial charge in [0.25, 0.3) is 0 Å². The molecule has 5 heteroatoms. The van der Waals surface area contributed by atoms with E-state index in [2.05, 4.69) is 13.8 Å². The lowest BCUT2D eigenvalue weighted by atomic mass is 10.0. The van der Waals surface area contributed by atoms with E-state index >= 15 is 0 Å². The van der Waals surface area contributed by atoms with Crippen LogP contribution in [0, 0.1) is 0 Å². The van der Waals surface area contributed by atoms with E-state index in [-0.39, 0.29) is 6.10 Å². The molecule has 104 valence electrons. The van der Waals surface area contributed by atoms with Crippen LogP contribution in [-0.2, 0) is 9.09 Å². The van der Waals surface area contributed by atoms with Gasteiger partial charge in [0.1, 0.15) is 0 Å². The van der Waals surface area contributed by atoms with E-state index < -0.39 is 7.82 Å². The Morgan fingerprint density at radius 1 is 0.941 bits per heavy atom. The van der Waals surface area contributed by atoms with E-state index in [1.54, 1.807) is 0 Å². The van der Waals surface area contributed by atoms with Crippen LogP contribution in [0.2, 0.25) is 0 Å². The topological polar surface area (TPSA) is 66.8 Å². The van der Waals surface area contributed by atoms with Crippen LogP contribution in [0.1, 0.15) is 71.6 Å². The number of phosphoric acid groups is 1. The van der Waals surface area contributed by atoms with Crippen LogP contribution in [0.5, 0.6) is 0 Å². The third-order valence-corrected chi connectivity index (χ3v) is 3.37. The smallest absolute Gasteiger partial charge is 0.303 e. The van der Waals surface area contributed by atoms with Crippen molar-refractivity contribution in [3.8, 4) is 0 Å². The molecule has 0 rings (SSSR count). The van der Waals surface area contributed by atoms with Crippen LogP contribution in [0.4, 0.5) is 0 Å². The third kappa shape index (κ3) is 12.4. The Morgan fingerprint density at radius 2 is 1.41 bits per heavy atom. The summed E-state index contributed by atoms with van der Waals surface area (Å²) in [5, 5.41) is 0. The molecule has 0 heterocycles. The van der Waals surface area contributed by atoms with Crippen molar-refractivity contribution in [1.82, 2.24) is 0 Å². The molecule has 0 aromatic carbocycles. The van der Waals surface area contributed by atoms with Gasteiger partial charge in [-0.15, -0.1) is 0 Å². The molecule has 0 aromatic rings. The van der Waals surface area contributed by atoms with Crippen molar-refractivity contribution in [1.29, 1.82) is 0 Å². The Labute approximate surface area is 105 Å². The van der Waals surface area contributed by atoms with Gasteiger partial charge in [-0.25, -0.2) is 4.57 Å². The fraction of sp³-hybridized carbons (Fsp3) is 1.00. The maximum Gasteiger partial charge on any atom is 0.469 e. The largest absolute Gasteiger partial charge is 0.469 e. The predicted molar refractivity (Wildman–Crippen MR) is 69.8 cm³/mol. The van der Waals surface area contributed by atoms with Gasteiger partial charge in [0.2, 0.25) is 0 Å². The SMILES string of the molecule is CCCCCCC(CCCCC)OP(=O)(O)O. The molecule has 0 spiro atoms. The minimum atomic E-state index is -4.33. The van der Waals surface area contributed by atoms with Gasteiger partial charge in [-0.2, -0.15) is 0 Å². The third-order valence-electron chi connectivity index (χ3n) is 2.80. The average molecular weight is 266 g/mol. The molecule has 1 unspecified atom stereocenters. The lowest BCUT2D eigenvalue weighted by Gasteiger charge is -2.18. The number of hydrogen-bond acceptors (Lipinski definition) is 2. The second-order valence-electron chi connectivity index (χ2n) is 4.56. The summed E-state index contributed by atoms with van der Waals surface area (Å²) >= 11 is 0. The summed E-state index contributed by atoms with van der Waals surface area (Å²) in [6.45, 7) is 4.25. The maximum atomic E-state index is 10.8. The summed E-state index contributed by atoms with van der Waals surface area (Å²) in [5.41, 5.74) is 0. The van der Waals surface area contributed by atoms with Gasteiger partial charge in [0, 0.05) is 0 Å². The van der Waals surface area contributed by atoms with Crippen molar-refractivity contribution in [3.05, 3.63) is 0 Å². The Hall–Kier alpha value is 0.110. The highest BCUT2D eigenvalue weighted by atomic mass is 31.2. The summed E-state index contributed by atoms with van der Waals surface area (Å²) in [4.78, 5) is 17.7. The molecule has 0 amide bonds. The van der Waals surface area contributed by atoms with Crippen LogP contribution in [0.15, 0.2) is 0 Å². The van der Waals surface area contributed by atoms with E-state index in [1.807, 2.05) is 0 Å². The first-order valence-electron chi connectivity index (χ1n) is 6.73. The van der Waals surface area contributed by atoms with Crippen LogP contribution in [-0.4, -0.2) is 15.9 Å². The van der Waals surface area contributed by atoms with Crippen LogP contribution < -0.4 is 0 Å². The molecule has 4 nitrogen and oxygen atoms in total. The van der Waals surface area contributed by atoms with E-state index in [4.69, 9.17) is 14.3 Å². The molecule has 0 fully saturated rings. The Balaban J connectivity index is 3.89. The second-order valence-corrected chi connectivity index (χ2v) is 5.76. The normalized spacial score (nSPS) is 13.9. The molecule has 1 atom stereocenters. The van der Waals surface area contributed by atoms with Crippen molar-refractivity contribution < 1.29 is 18.9 Å². The van der Waals surface area contributed by atoms with Crippen molar-refractivity contribution in [3.63, 3.8) is 0 Å². The first kappa shape index (κ1) is 17.1. The summed E-state index contributed by atoms with van der Waals surface area (Å²) in [6.07, 6.45) is 8.87. The highest BCUT2D eigenvalue weighted by molar-refractivity contribution is 7.46. The van der Waals surface area contributed by atoms with E-state index in [0.29, 0.717) is 0 Å². The monoisotopic (exact) mass is 266 g/mol. The molecule has 0 saturated carbocycles. The number of rotatable bonds is 11. The molecule has 0 aliphatic heterocycles. The zero-order valence-electron chi connectivity index (χ0n) is 11.1. The average Bonchev–Trinajstić information content (AvgIpc) is 2.22. The number of hydrogen-bond donors (Lipinski definition) is 2. The fourth-order valence-corrected chi connectivity index (χ4v) is 2.46. The highest BCUT2D eigenvalue weighted by Gasteiger charge is 2.21. The molecule has 0 aliphatic carbocycles. The van der Waals surface area contributed by atoms with Crippen molar-refractivity contribution in [2.24, 2.45) is 0 Å². The highest BCUT2D eigenvalue weighted by Crippen LogP contribution is 2.39. The molecule has 0 radical (unpaired) electrons. The van der Waals surface area contributed by atoms with Gasteiger partial charge in [0.15, 0.2) is 0 Å². The quantitative estimate of drug-likeness (QED) is 0.438.